The fraction of sp³-hybridized carbons (Fsp3) is 0.941. The largest absolute Gasteiger partial charge is 0.369 e. The fourth-order valence-electron chi connectivity index (χ4n) is 4.80. The molecule has 5 heteroatoms. The van der Waals surface area contributed by atoms with Crippen molar-refractivity contribution in [3.8, 4) is 0 Å². The van der Waals surface area contributed by atoms with Gasteiger partial charge in [0.25, 0.3) is 0 Å². The highest BCUT2D eigenvalue weighted by Gasteiger charge is 2.50. The molecule has 5 nitrogen and oxygen atoms in total. The number of nitrogens with zero attached hydrogens (tertiary/aromatic N) is 2. The molecule has 1 aliphatic carbocycles. The molecule has 0 aromatic heterocycles. The first-order chi connectivity index (χ1) is 10.5. The first-order valence-corrected chi connectivity index (χ1v) is 8.86. The second kappa shape index (κ2) is 6.46. The van der Waals surface area contributed by atoms with Crippen LogP contribution >= 0.6 is 0 Å². The molecule has 3 aliphatic rings. The van der Waals surface area contributed by atoms with Gasteiger partial charge in [-0.3, -0.25) is 9.69 Å². The van der Waals surface area contributed by atoms with E-state index in [0.717, 1.165) is 58.5 Å². The SMILES string of the molecule is CN1CCN(C2OCCC2C2CCCCC2(C)C(N)=O)CC1. The summed E-state index contributed by atoms with van der Waals surface area (Å²) >= 11 is 0. The fourth-order valence-corrected chi connectivity index (χ4v) is 4.80. The Morgan fingerprint density at radius 1 is 1.18 bits per heavy atom. The maximum Gasteiger partial charge on any atom is 0.223 e. The van der Waals surface area contributed by atoms with Crippen molar-refractivity contribution in [1.29, 1.82) is 0 Å². The summed E-state index contributed by atoms with van der Waals surface area (Å²) in [7, 11) is 2.18. The summed E-state index contributed by atoms with van der Waals surface area (Å²) in [6.45, 7) is 7.26. The van der Waals surface area contributed by atoms with Gasteiger partial charge in [0.05, 0.1) is 0 Å². The van der Waals surface area contributed by atoms with E-state index in [1.165, 1.54) is 6.42 Å². The number of hydrogen-bond donors (Lipinski definition) is 1. The van der Waals surface area contributed by atoms with Gasteiger partial charge in [-0.25, -0.2) is 0 Å². The van der Waals surface area contributed by atoms with Gasteiger partial charge >= 0.3 is 0 Å². The Morgan fingerprint density at radius 2 is 1.91 bits per heavy atom. The van der Waals surface area contributed by atoms with Crippen molar-refractivity contribution in [2.75, 3.05) is 39.8 Å². The van der Waals surface area contributed by atoms with E-state index in [9.17, 15) is 4.79 Å². The third kappa shape index (κ3) is 2.91. The Kier molecular flexibility index (Phi) is 4.76. The molecule has 1 saturated carbocycles. The van der Waals surface area contributed by atoms with E-state index in [0.29, 0.717) is 11.8 Å². The number of amides is 1. The molecule has 4 atom stereocenters. The zero-order valence-corrected chi connectivity index (χ0v) is 14.1. The van der Waals surface area contributed by atoms with Crippen LogP contribution in [0.25, 0.3) is 0 Å². The van der Waals surface area contributed by atoms with Crippen LogP contribution in [0, 0.1) is 17.3 Å². The Bertz CT molecular complexity index is 409. The highest BCUT2D eigenvalue weighted by atomic mass is 16.5. The molecule has 0 aromatic rings. The number of carbonyl (C=O) groups excluding carboxylic acids is 1. The van der Waals surface area contributed by atoms with Crippen LogP contribution in [0.5, 0.6) is 0 Å². The average Bonchev–Trinajstić information content (AvgIpc) is 2.97. The van der Waals surface area contributed by atoms with Crippen LogP contribution in [0.15, 0.2) is 0 Å². The van der Waals surface area contributed by atoms with E-state index < -0.39 is 0 Å². The molecule has 126 valence electrons. The summed E-state index contributed by atoms with van der Waals surface area (Å²) in [5.74, 6) is 0.730. The van der Waals surface area contributed by atoms with Crippen molar-refractivity contribution in [3.05, 3.63) is 0 Å². The second-order valence-corrected chi connectivity index (χ2v) is 7.69. The van der Waals surface area contributed by atoms with Crippen LogP contribution in [-0.2, 0) is 9.53 Å². The maximum atomic E-state index is 12.1. The Morgan fingerprint density at radius 3 is 2.59 bits per heavy atom. The first-order valence-electron chi connectivity index (χ1n) is 8.86. The smallest absolute Gasteiger partial charge is 0.223 e. The van der Waals surface area contributed by atoms with Crippen LogP contribution in [0.4, 0.5) is 0 Å². The van der Waals surface area contributed by atoms with Crippen molar-refractivity contribution in [1.82, 2.24) is 9.80 Å². The van der Waals surface area contributed by atoms with E-state index in [4.69, 9.17) is 10.5 Å². The number of primary amides is 1. The topological polar surface area (TPSA) is 58.8 Å². The minimum Gasteiger partial charge on any atom is -0.369 e. The lowest BCUT2D eigenvalue weighted by molar-refractivity contribution is -0.137. The molecule has 22 heavy (non-hydrogen) atoms. The monoisotopic (exact) mass is 309 g/mol. The van der Waals surface area contributed by atoms with Gasteiger partial charge in [-0.2, -0.15) is 0 Å². The van der Waals surface area contributed by atoms with Crippen molar-refractivity contribution < 1.29 is 9.53 Å². The summed E-state index contributed by atoms with van der Waals surface area (Å²) in [6, 6.07) is 0. The van der Waals surface area contributed by atoms with Gasteiger partial charge in [-0.1, -0.05) is 19.8 Å². The highest BCUT2D eigenvalue weighted by Crippen LogP contribution is 2.49. The van der Waals surface area contributed by atoms with Crippen molar-refractivity contribution >= 4 is 5.91 Å². The average molecular weight is 309 g/mol. The normalized spacial score (nSPS) is 41.6. The molecule has 0 radical (unpaired) electrons. The number of ether oxygens (including phenoxy) is 1. The lowest BCUT2D eigenvalue weighted by atomic mass is 9.61. The van der Waals surface area contributed by atoms with Crippen LogP contribution in [-0.4, -0.2) is 61.8 Å². The summed E-state index contributed by atoms with van der Waals surface area (Å²) in [5, 5.41) is 0. The Hall–Kier alpha value is -0.650. The predicted molar refractivity (Wildman–Crippen MR) is 86.2 cm³/mol. The summed E-state index contributed by atoms with van der Waals surface area (Å²) < 4.78 is 6.12. The first kappa shape index (κ1) is 16.2. The minimum absolute atomic E-state index is 0.110. The molecule has 0 bridgehead atoms. The number of carbonyl (C=O) groups is 1. The van der Waals surface area contributed by atoms with Crippen LogP contribution in [0.3, 0.4) is 0 Å². The standard InChI is InChI=1S/C17H31N3O2/c1-17(16(18)21)7-4-3-5-14(17)13-6-12-22-15(13)20-10-8-19(2)9-11-20/h13-15H,3-12H2,1-2H3,(H2,18,21). The molecule has 3 rings (SSSR count). The molecule has 1 amide bonds. The molecule has 2 N–H and O–H groups in total. The van der Waals surface area contributed by atoms with Gasteiger partial charge in [-0.05, 0) is 32.2 Å². The van der Waals surface area contributed by atoms with Crippen LogP contribution in [0.2, 0.25) is 0 Å². The zero-order chi connectivity index (χ0) is 15.7. The van der Waals surface area contributed by atoms with Crippen LogP contribution in [0.1, 0.15) is 39.0 Å². The number of hydrogen-bond acceptors (Lipinski definition) is 4. The summed E-state index contributed by atoms with van der Waals surface area (Å²) in [5.41, 5.74) is 5.46. The molecule has 0 spiro atoms. The van der Waals surface area contributed by atoms with Gasteiger partial charge in [0.2, 0.25) is 5.91 Å². The summed E-state index contributed by atoms with van der Waals surface area (Å²) in [4.78, 5) is 17.0. The van der Waals surface area contributed by atoms with E-state index in [-0.39, 0.29) is 17.6 Å². The third-order valence-corrected chi connectivity index (χ3v) is 6.36. The van der Waals surface area contributed by atoms with Crippen LogP contribution < -0.4 is 5.73 Å². The Balaban J connectivity index is 1.75. The lowest BCUT2D eigenvalue weighted by Crippen LogP contribution is -2.54. The third-order valence-electron chi connectivity index (χ3n) is 6.36. The highest BCUT2D eigenvalue weighted by molar-refractivity contribution is 5.80. The second-order valence-electron chi connectivity index (χ2n) is 7.69. The zero-order valence-electron chi connectivity index (χ0n) is 14.1. The molecule has 2 aliphatic heterocycles. The van der Waals surface area contributed by atoms with Crippen molar-refractivity contribution in [2.24, 2.45) is 23.0 Å². The van der Waals surface area contributed by atoms with Gasteiger partial charge in [0.1, 0.15) is 6.23 Å². The Labute approximate surface area is 134 Å². The number of piperazine rings is 1. The van der Waals surface area contributed by atoms with Crippen molar-refractivity contribution in [2.45, 2.75) is 45.3 Å². The van der Waals surface area contributed by atoms with Gasteiger partial charge < -0.3 is 15.4 Å². The molecule has 3 fully saturated rings. The lowest BCUT2D eigenvalue weighted by Gasteiger charge is -2.46. The molecule has 2 heterocycles. The van der Waals surface area contributed by atoms with E-state index >= 15 is 0 Å². The van der Waals surface area contributed by atoms with Crippen molar-refractivity contribution in [3.63, 3.8) is 0 Å². The van der Waals surface area contributed by atoms with E-state index in [1.54, 1.807) is 0 Å². The maximum absolute atomic E-state index is 12.1. The molecule has 0 aromatic carbocycles. The predicted octanol–water partition coefficient (Wildman–Crippen LogP) is 1.28. The molecule has 4 unspecified atom stereocenters. The minimum atomic E-state index is -0.346. The quantitative estimate of drug-likeness (QED) is 0.853. The molecule has 2 saturated heterocycles. The van der Waals surface area contributed by atoms with E-state index in [1.807, 2.05) is 0 Å². The van der Waals surface area contributed by atoms with Gasteiger partial charge in [0, 0.05) is 44.1 Å². The molecular weight excluding hydrogens is 278 g/mol. The number of rotatable bonds is 3. The van der Waals surface area contributed by atoms with E-state index in [2.05, 4.69) is 23.8 Å². The summed E-state index contributed by atoms with van der Waals surface area (Å²) in [6.07, 6.45) is 5.68. The molecular formula is C17H31N3O2. The van der Waals surface area contributed by atoms with Gasteiger partial charge in [-0.15, -0.1) is 0 Å². The number of nitrogens with two attached hydrogens (primary N) is 1. The van der Waals surface area contributed by atoms with Gasteiger partial charge in [0.15, 0.2) is 0 Å². The number of likely N-dealkylation sites (N-methyl/N-ethyl adjacent to an activating group) is 1.